The summed E-state index contributed by atoms with van der Waals surface area (Å²) in [6.45, 7) is 10.5. The van der Waals surface area contributed by atoms with Crippen LogP contribution in [0.15, 0.2) is 29.3 Å². The number of hydrogen-bond donors (Lipinski definition) is 2. The molecule has 4 nitrogen and oxygen atoms in total. The largest absolute Gasteiger partial charge is 0.357 e. The van der Waals surface area contributed by atoms with Crippen molar-refractivity contribution in [1.82, 2.24) is 15.5 Å². The molecule has 2 rings (SSSR count). The fourth-order valence-electron chi connectivity index (χ4n) is 2.94. The fourth-order valence-corrected chi connectivity index (χ4v) is 3.07. The van der Waals surface area contributed by atoms with E-state index < -0.39 is 0 Å². The fraction of sp³-hybridized carbons (Fsp3) is 0.611. The predicted octanol–water partition coefficient (Wildman–Crippen LogP) is 3.75. The molecule has 1 saturated heterocycles. The van der Waals surface area contributed by atoms with Crippen molar-refractivity contribution in [3.63, 3.8) is 0 Å². The molecular formula is C18H30ClIN4. The van der Waals surface area contributed by atoms with Crippen molar-refractivity contribution in [2.45, 2.75) is 33.2 Å². The number of nitrogens with one attached hydrogen (secondary N) is 2. The highest BCUT2D eigenvalue weighted by molar-refractivity contribution is 14.0. The third kappa shape index (κ3) is 7.57. The molecule has 0 saturated carbocycles. The predicted molar refractivity (Wildman–Crippen MR) is 115 cm³/mol. The number of nitrogens with zero attached hydrogens (tertiary/aromatic N) is 2. The maximum Gasteiger partial charge on any atom is 0.191 e. The van der Waals surface area contributed by atoms with Crippen molar-refractivity contribution in [3.8, 4) is 0 Å². The average Bonchev–Trinajstić information content (AvgIpc) is 3.00. The van der Waals surface area contributed by atoms with Gasteiger partial charge >= 0.3 is 0 Å². The van der Waals surface area contributed by atoms with Gasteiger partial charge in [0.1, 0.15) is 0 Å². The van der Waals surface area contributed by atoms with Gasteiger partial charge < -0.3 is 15.5 Å². The smallest absolute Gasteiger partial charge is 0.191 e. The van der Waals surface area contributed by atoms with Gasteiger partial charge in [-0.25, -0.2) is 4.99 Å². The number of halogens is 2. The molecule has 136 valence electrons. The van der Waals surface area contributed by atoms with E-state index in [0.717, 1.165) is 30.0 Å². The normalized spacial score (nSPS) is 18.3. The molecule has 1 aromatic rings. The minimum absolute atomic E-state index is 0. The molecule has 0 bridgehead atoms. The summed E-state index contributed by atoms with van der Waals surface area (Å²) in [7, 11) is 0. The molecule has 1 aliphatic heterocycles. The van der Waals surface area contributed by atoms with Crippen LogP contribution < -0.4 is 10.6 Å². The Bertz CT molecular complexity index is 492. The van der Waals surface area contributed by atoms with Gasteiger partial charge in [0.25, 0.3) is 0 Å². The van der Waals surface area contributed by atoms with Crippen molar-refractivity contribution >= 4 is 41.5 Å². The van der Waals surface area contributed by atoms with Gasteiger partial charge in [-0.15, -0.1) is 24.0 Å². The molecule has 0 aromatic heterocycles. The van der Waals surface area contributed by atoms with Crippen LogP contribution in [0.2, 0.25) is 5.02 Å². The Labute approximate surface area is 168 Å². The van der Waals surface area contributed by atoms with Gasteiger partial charge in [-0.05, 0) is 56.5 Å². The monoisotopic (exact) mass is 464 g/mol. The summed E-state index contributed by atoms with van der Waals surface area (Å²) < 4.78 is 0. The van der Waals surface area contributed by atoms with Gasteiger partial charge in [-0.1, -0.05) is 30.7 Å². The Kier molecular flexibility index (Phi) is 10.7. The molecule has 1 fully saturated rings. The summed E-state index contributed by atoms with van der Waals surface area (Å²) in [5.74, 6) is 1.62. The summed E-state index contributed by atoms with van der Waals surface area (Å²) in [6.07, 6.45) is 2.52. The summed E-state index contributed by atoms with van der Waals surface area (Å²) in [6, 6.07) is 7.87. The highest BCUT2D eigenvalue weighted by atomic mass is 127. The lowest BCUT2D eigenvalue weighted by molar-refractivity contribution is 0.324. The highest BCUT2D eigenvalue weighted by Gasteiger charge is 2.21. The summed E-state index contributed by atoms with van der Waals surface area (Å²) in [4.78, 5) is 7.23. The molecule has 0 aliphatic carbocycles. The first-order valence-corrected chi connectivity index (χ1v) is 9.08. The van der Waals surface area contributed by atoms with Crippen molar-refractivity contribution in [2.75, 3.05) is 32.7 Å². The number of benzene rings is 1. The van der Waals surface area contributed by atoms with E-state index in [1.165, 1.54) is 38.0 Å². The Morgan fingerprint density at radius 3 is 2.67 bits per heavy atom. The third-order valence-electron chi connectivity index (χ3n) is 4.15. The standard InChI is InChI=1S/C18H29ClN4.HI/c1-3-10-23-11-9-16(14-23)13-22-18(20-4-2)21-12-15-5-7-17(19)8-6-15;/h5-8,16H,3-4,9-14H2,1-2H3,(H2,20,21,22);1H. The van der Waals surface area contributed by atoms with E-state index in [1.54, 1.807) is 0 Å². The zero-order chi connectivity index (χ0) is 16.5. The van der Waals surface area contributed by atoms with Crippen LogP contribution in [0.25, 0.3) is 0 Å². The van der Waals surface area contributed by atoms with Crippen molar-refractivity contribution < 1.29 is 0 Å². The van der Waals surface area contributed by atoms with Crippen LogP contribution in [0.4, 0.5) is 0 Å². The molecule has 2 N–H and O–H groups in total. The van der Waals surface area contributed by atoms with E-state index >= 15 is 0 Å². The van der Waals surface area contributed by atoms with Gasteiger partial charge in [-0.2, -0.15) is 0 Å². The van der Waals surface area contributed by atoms with Crippen LogP contribution in [-0.4, -0.2) is 43.6 Å². The maximum absolute atomic E-state index is 5.92. The first-order chi connectivity index (χ1) is 11.2. The van der Waals surface area contributed by atoms with Crippen LogP contribution in [0.1, 0.15) is 32.3 Å². The lowest BCUT2D eigenvalue weighted by Crippen LogP contribution is -2.40. The van der Waals surface area contributed by atoms with E-state index in [1.807, 2.05) is 24.3 Å². The Morgan fingerprint density at radius 1 is 1.25 bits per heavy atom. The number of aliphatic imine (C=N–C) groups is 1. The van der Waals surface area contributed by atoms with Crippen LogP contribution in [0, 0.1) is 5.92 Å². The van der Waals surface area contributed by atoms with Gasteiger partial charge in [-0.3, -0.25) is 0 Å². The van der Waals surface area contributed by atoms with Crippen molar-refractivity contribution in [2.24, 2.45) is 10.9 Å². The second-order valence-electron chi connectivity index (χ2n) is 6.16. The minimum atomic E-state index is 0. The molecule has 24 heavy (non-hydrogen) atoms. The zero-order valence-corrected chi connectivity index (χ0v) is 17.8. The van der Waals surface area contributed by atoms with E-state index in [2.05, 4.69) is 34.4 Å². The van der Waals surface area contributed by atoms with E-state index in [0.29, 0.717) is 6.54 Å². The number of hydrogen-bond acceptors (Lipinski definition) is 2. The molecule has 0 amide bonds. The molecule has 1 heterocycles. The van der Waals surface area contributed by atoms with Gasteiger partial charge in [0.2, 0.25) is 0 Å². The van der Waals surface area contributed by atoms with Crippen LogP contribution in [0.3, 0.4) is 0 Å². The molecular weight excluding hydrogens is 435 g/mol. The van der Waals surface area contributed by atoms with Gasteiger partial charge in [0, 0.05) is 24.7 Å². The Hall–Kier alpha value is -0.530. The molecule has 1 unspecified atom stereocenters. The quantitative estimate of drug-likeness (QED) is 0.367. The second-order valence-corrected chi connectivity index (χ2v) is 6.59. The highest BCUT2D eigenvalue weighted by Crippen LogP contribution is 2.15. The average molecular weight is 465 g/mol. The van der Waals surface area contributed by atoms with Crippen molar-refractivity contribution in [3.05, 3.63) is 34.9 Å². The third-order valence-corrected chi connectivity index (χ3v) is 4.40. The minimum Gasteiger partial charge on any atom is -0.357 e. The van der Waals surface area contributed by atoms with Gasteiger partial charge in [0.15, 0.2) is 5.96 Å². The SMILES string of the molecule is CCCN1CCC(CNC(=NCc2ccc(Cl)cc2)NCC)C1.I. The number of likely N-dealkylation sites (tertiary alicyclic amines) is 1. The van der Waals surface area contributed by atoms with E-state index in [9.17, 15) is 0 Å². The first kappa shape index (κ1) is 21.5. The first-order valence-electron chi connectivity index (χ1n) is 8.70. The summed E-state index contributed by atoms with van der Waals surface area (Å²) >= 11 is 5.92. The lowest BCUT2D eigenvalue weighted by atomic mass is 10.1. The number of guanidine groups is 1. The Morgan fingerprint density at radius 2 is 2.00 bits per heavy atom. The summed E-state index contributed by atoms with van der Waals surface area (Å²) in [5.41, 5.74) is 1.17. The molecule has 1 aliphatic rings. The van der Waals surface area contributed by atoms with Crippen LogP contribution >= 0.6 is 35.6 Å². The van der Waals surface area contributed by atoms with Gasteiger partial charge in [0.05, 0.1) is 6.54 Å². The second kappa shape index (κ2) is 11.9. The Balaban J connectivity index is 0.00000288. The zero-order valence-electron chi connectivity index (χ0n) is 14.7. The lowest BCUT2D eigenvalue weighted by Gasteiger charge is -2.17. The molecule has 6 heteroatoms. The molecule has 1 aromatic carbocycles. The molecule has 0 spiro atoms. The van der Waals surface area contributed by atoms with Crippen molar-refractivity contribution in [1.29, 1.82) is 0 Å². The topological polar surface area (TPSA) is 39.7 Å². The van der Waals surface area contributed by atoms with Crippen LogP contribution in [0.5, 0.6) is 0 Å². The van der Waals surface area contributed by atoms with Crippen LogP contribution in [-0.2, 0) is 6.54 Å². The van der Waals surface area contributed by atoms with E-state index in [4.69, 9.17) is 11.6 Å². The molecule has 1 atom stereocenters. The van der Waals surface area contributed by atoms with E-state index in [-0.39, 0.29) is 24.0 Å². The number of rotatable bonds is 7. The maximum atomic E-state index is 5.92. The summed E-state index contributed by atoms with van der Waals surface area (Å²) in [5, 5.41) is 7.58. The molecule has 0 radical (unpaired) electrons.